The number of nitrogens with two attached hydrogens (primary N) is 2. The summed E-state index contributed by atoms with van der Waals surface area (Å²) in [5, 5.41) is 3.33. The molecule has 5 rings (SSSR count). The van der Waals surface area contributed by atoms with Crippen molar-refractivity contribution in [2.45, 2.75) is 38.8 Å². The number of piperidine rings is 1. The largest absolute Gasteiger partial charge is 0.474 e. The number of anilines is 5. The van der Waals surface area contributed by atoms with E-state index in [0.29, 0.717) is 61.2 Å². The lowest BCUT2D eigenvalue weighted by molar-refractivity contribution is 0.0813. The third-order valence-corrected chi connectivity index (χ3v) is 6.62. The highest BCUT2D eigenvalue weighted by Gasteiger charge is 2.22. The average Bonchev–Trinajstić information content (AvgIpc) is 2.90. The first-order valence-corrected chi connectivity index (χ1v) is 12.7. The van der Waals surface area contributed by atoms with Gasteiger partial charge in [-0.2, -0.15) is 9.97 Å². The van der Waals surface area contributed by atoms with Gasteiger partial charge in [-0.25, -0.2) is 15.0 Å². The van der Waals surface area contributed by atoms with Gasteiger partial charge in [-0.1, -0.05) is 0 Å². The highest BCUT2D eigenvalue weighted by molar-refractivity contribution is 5.74. The van der Waals surface area contributed by atoms with Crippen molar-refractivity contribution in [3.05, 3.63) is 30.6 Å². The van der Waals surface area contributed by atoms with Crippen LogP contribution in [0.25, 0.3) is 11.3 Å². The Bertz CT molecular complexity index is 1190. The maximum absolute atomic E-state index is 6.14. The number of nitrogens with one attached hydrogen (secondary N) is 1. The number of pyridine rings is 1. The van der Waals surface area contributed by atoms with E-state index in [1.165, 1.54) is 0 Å². The fraction of sp³-hybridized carbons (Fsp3) is 0.480. The summed E-state index contributed by atoms with van der Waals surface area (Å²) in [6, 6.07) is 6.19. The number of hydrogen-bond donors (Lipinski definition) is 3. The Morgan fingerprint density at radius 3 is 2.46 bits per heavy atom. The normalized spacial score (nSPS) is 17.2. The number of likely N-dealkylation sites (tertiary alicyclic amines) is 1. The molecule has 0 radical (unpaired) electrons. The van der Waals surface area contributed by atoms with Gasteiger partial charge in [-0.05, 0) is 32.8 Å². The molecule has 37 heavy (non-hydrogen) atoms. The van der Waals surface area contributed by atoms with E-state index < -0.39 is 0 Å². The number of nitrogen functional groups attached to an aromatic ring is 2. The lowest BCUT2D eigenvalue weighted by Gasteiger charge is -2.34. The fourth-order valence-electron chi connectivity index (χ4n) is 4.50. The number of rotatable bonds is 7. The van der Waals surface area contributed by atoms with Crippen LogP contribution in [-0.4, -0.2) is 81.4 Å². The Labute approximate surface area is 216 Å². The van der Waals surface area contributed by atoms with Crippen molar-refractivity contribution < 1.29 is 9.47 Å². The minimum atomic E-state index is 0.112. The second-order valence-electron chi connectivity index (χ2n) is 9.52. The number of ether oxygens (including phenoxy) is 2. The second kappa shape index (κ2) is 11.1. The molecule has 0 atom stereocenters. The predicted octanol–water partition coefficient (Wildman–Crippen LogP) is 2.32. The maximum Gasteiger partial charge on any atom is 0.228 e. The average molecular weight is 507 g/mol. The molecule has 0 aromatic carbocycles. The first-order chi connectivity index (χ1) is 17.9. The van der Waals surface area contributed by atoms with Crippen LogP contribution in [0.3, 0.4) is 0 Å². The molecule has 0 unspecified atom stereocenters. The quantitative estimate of drug-likeness (QED) is 0.431. The van der Waals surface area contributed by atoms with E-state index in [-0.39, 0.29) is 17.9 Å². The van der Waals surface area contributed by atoms with Crippen molar-refractivity contribution in [2.24, 2.45) is 0 Å². The maximum atomic E-state index is 6.14. The second-order valence-corrected chi connectivity index (χ2v) is 9.52. The molecule has 0 bridgehead atoms. The first-order valence-electron chi connectivity index (χ1n) is 12.7. The van der Waals surface area contributed by atoms with Gasteiger partial charge in [0, 0.05) is 50.6 Å². The summed E-state index contributed by atoms with van der Waals surface area (Å²) < 4.78 is 11.6. The molecule has 2 aliphatic heterocycles. The molecule has 3 aromatic rings. The van der Waals surface area contributed by atoms with Crippen LogP contribution in [0.5, 0.6) is 5.88 Å². The summed E-state index contributed by atoms with van der Waals surface area (Å²) in [4.78, 5) is 26.7. The first kappa shape index (κ1) is 24.9. The molecule has 0 aliphatic carbocycles. The zero-order chi connectivity index (χ0) is 25.8. The molecule has 2 saturated heterocycles. The zero-order valence-electron chi connectivity index (χ0n) is 21.3. The number of nitrogens with zero attached hydrogens (tertiary/aromatic N) is 7. The van der Waals surface area contributed by atoms with Crippen LogP contribution in [0.2, 0.25) is 0 Å². The van der Waals surface area contributed by atoms with Gasteiger partial charge in [0.05, 0.1) is 36.4 Å². The van der Waals surface area contributed by atoms with E-state index >= 15 is 0 Å². The Kier molecular flexibility index (Phi) is 7.47. The molecular formula is C25H34N10O2. The van der Waals surface area contributed by atoms with Crippen molar-refractivity contribution in [2.75, 3.05) is 61.1 Å². The van der Waals surface area contributed by atoms with Gasteiger partial charge in [0.25, 0.3) is 0 Å². The van der Waals surface area contributed by atoms with Crippen LogP contribution in [0.4, 0.5) is 29.2 Å². The van der Waals surface area contributed by atoms with Gasteiger partial charge >= 0.3 is 0 Å². The molecule has 5 heterocycles. The summed E-state index contributed by atoms with van der Waals surface area (Å²) in [6.45, 7) is 9.19. The molecule has 0 saturated carbocycles. The van der Waals surface area contributed by atoms with Crippen molar-refractivity contribution in [3.63, 3.8) is 0 Å². The SMILES string of the molecule is CC(C)N1CCC(Oc2ccc(Nc3cc(-c4cnc(N)nc4N)nc(N4CCOCC4)n3)cn2)CC1. The van der Waals surface area contributed by atoms with Gasteiger partial charge < -0.3 is 36.1 Å². The van der Waals surface area contributed by atoms with Crippen LogP contribution in [0.15, 0.2) is 30.6 Å². The van der Waals surface area contributed by atoms with Gasteiger partial charge in [-0.3, -0.25) is 0 Å². The van der Waals surface area contributed by atoms with Crippen LogP contribution >= 0.6 is 0 Å². The Morgan fingerprint density at radius 2 is 1.78 bits per heavy atom. The van der Waals surface area contributed by atoms with E-state index in [9.17, 15) is 0 Å². The lowest BCUT2D eigenvalue weighted by atomic mass is 10.1. The summed E-state index contributed by atoms with van der Waals surface area (Å²) >= 11 is 0. The van der Waals surface area contributed by atoms with E-state index in [1.807, 2.05) is 18.2 Å². The Balaban J connectivity index is 1.32. The summed E-state index contributed by atoms with van der Waals surface area (Å²) in [6.07, 6.45) is 5.52. The monoisotopic (exact) mass is 506 g/mol. The fourth-order valence-corrected chi connectivity index (χ4v) is 4.50. The van der Waals surface area contributed by atoms with Gasteiger partial charge in [0.2, 0.25) is 17.8 Å². The Hall–Kier alpha value is -3.77. The molecule has 12 nitrogen and oxygen atoms in total. The molecule has 2 fully saturated rings. The zero-order valence-corrected chi connectivity index (χ0v) is 21.3. The number of morpholine rings is 1. The van der Waals surface area contributed by atoms with Gasteiger partial charge in [0.15, 0.2) is 0 Å². The molecule has 0 spiro atoms. The standard InChI is InChI=1S/C25H34N10O2/c1-16(2)34-7-5-18(6-8-34)37-22-4-3-17(14-28-22)30-21-13-20(19-15-29-24(27)33-23(19)26)31-25(32-21)35-9-11-36-12-10-35/h3-4,13-16,18H,5-12H2,1-2H3,(H,30,31,32)(H4,26,27,29,33). The molecule has 3 aromatic heterocycles. The topological polar surface area (TPSA) is 153 Å². The van der Waals surface area contributed by atoms with Crippen molar-refractivity contribution >= 4 is 29.2 Å². The van der Waals surface area contributed by atoms with Crippen LogP contribution in [0.1, 0.15) is 26.7 Å². The molecule has 0 amide bonds. The van der Waals surface area contributed by atoms with Crippen LogP contribution < -0.4 is 26.4 Å². The Morgan fingerprint density at radius 1 is 1.00 bits per heavy atom. The number of hydrogen-bond acceptors (Lipinski definition) is 12. The van der Waals surface area contributed by atoms with Crippen LogP contribution in [-0.2, 0) is 4.74 Å². The third-order valence-electron chi connectivity index (χ3n) is 6.62. The minimum Gasteiger partial charge on any atom is -0.474 e. The van der Waals surface area contributed by atoms with E-state index in [4.69, 9.17) is 30.9 Å². The van der Waals surface area contributed by atoms with E-state index in [1.54, 1.807) is 12.4 Å². The summed E-state index contributed by atoms with van der Waals surface area (Å²) in [7, 11) is 0. The molecule has 12 heteroatoms. The summed E-state index contributed by atoms with van der Waals surface area (Å²) in [5.74, 6) is 2.16. The smallest absolute Gasteiger partial charge is 0.228 e. The highest BCUT2D eigenvalue weighted by atomic mass is 16.5. The predicted molar refractivity (Wildman–Crippen MR) is 143 cm³/mol. The van der Waals surface area contributed by atoms with Crippen molar-refractivity contribution in [1.29, 1.82) is 0 Å². The van der Waals surface area contributed by atoms with Crippen molar-refractivity contribution in [3.8, 4) is 17.1 Å². The molecular weight excluding hydrogens is 472 g/mol. The molecule has 196 valence electrons. The van der Waals surface area contributed by atoms with Crippen LogP contribution in [0, 0.1) is 0 Å². The van der Waals surface area contributed by atoms with E-state index in [2.05, 4.69) is 43.9 Å². The van der Waals surface area contributed by atoms with Gasteiger partial charge in [0.1, 0.15) is 17.7 Å². The third kappa shape index (κ3) is 6.15. The lowest BCUT2D eigenvalue weighted by Crippen LogP contribution is -2.41. The van der Waals surface area contributed by atoms with Crippen molar-refractivity contribution in [1.82, 2.24) is 29.8 Å². The van der Waals surface area contributed by atoms with Gasteiger partial charge in [-0.15, -0.1) is 0 Å². The highest BCUT2D eigenvalue weighted by Crippen LogP contribution is 2.28. The molecule has 2 aliphatic rings. The number of aromatic nitrogens is 5. The summed E-state index contributed by atoms with van der Waals surface area (Å²) in [5.41, 5.74) is 13.8. The molecule has 5 N–H and O–H groups in total. The minimum absolute atomic E-state index is 0.112. The van der Waals surface area contributed by atoms with E-state index in [0.717, 1.165) is 31.6 Å².